The molecular weight excluding hydrogens is 258 g/mol. The van der Waals surface area contributed by atoms with E-state index >= 15 is 0 Å². The van der Waals surface area contributed by atoms with Crippen LogP contribution in [0, 0.1) is 18.3 Å². The Morgan fingerprint density at radius 2 is 2.00 bits per heavy atom. The maximum absolute atomic E-state index is 9.76. The van der Waals surface area contributed by atoms with Crippen LogP contribution in [0.5, 0.6) is 0 Å². The van der Waals surface area contributed by atoms with Crippen LogP contribution in [0.1, 0.15) is 16.0 Å². The molecule has 0 amide bonds. The molecule has 4 heteroatoms. The van der Waals surface area contributed by atoms with Crippen molar-refractivity contribution in [1.82, 2.24) is 0 Å². The van der Waals surface area contributed by atoms with E-state index in [0.717, 1.165) is 11.1 Å². The molecule has 80 valence electrons. The van der Waals surface area contributed by atoms with E-state index in [0.29, 0.717) is 0 Å². The zero-order valence-corrected chi connectivity index (χ0v) is 9.90. The normalized spacial score (nSPS) is 16.5. The summed E-state index contributed by atoms with van der Waals surface area (Å²) in [4.78, 5) is -0.597. The Hall–Kier alpha value is -0.890. The van der Waals surface area contributed by atoms with Crippen molar-refractivity contribution in [3.63, 3.8) is 0 Å². The number of halogens is 1. The Bertz CT molecular complexity index is 371. The zero-order valence-electron chi connectivity index (χ0n) is 8.31. The number of alkyl halides is 1. The van der Waals surface area contributed by atoms with E-state index in [2.05, 4.69) is 15.9 Å². The first kappa shape index (κ1) is 12.2. The van der Waals surface area contributed by atoms with Gasteiger partial charge in [0.25, 0.3) is 0 Å². The Labute approximate surface area is 97.1 Å². The van der Waals surface area contributed by atoms with E-state index in [9.17, 15) is 5.11 Å². The van der Waals surface area contributed by atoms with E-state index in [1.807, 2.05) is 31.2 Å². The number of nitriles is 1. The molecule has 0 aliphatic carbocycles. The molecule has 2 atom stereocenters. The molecule has 3 nitrogen and oxygen atoms in total. The van der Waals surface area contributed by atoms with Gasteiger partial charge in [0.15, 0.2) is 5.60 Å². The number of aliphatic hydroxyl groups is 2. The number of rotatable bonds is 3. The molecule has 0 spiro atoms. The molecule has 0 aliphatic heterocycles. The van der Waals surface area contributed by atoms with Crippen molar-refractivity contribution in [2.24, 2.45) is 0 Å². The summed E-state index contributed by atoms with van der Waals surface area (Å²) in [5, 5.41) is 27.5. The second-order valence-corrected chi connectivity index (χ2v) is 4.38. The van der Waals surface area contributed by atoms with E-state index in [1.165, 1.54) is 0 Å². The molecule has 1 aromatic carbocycles. The highest BCUT2D eigenvalue weighted by molar-refractivity contribution is 9.09. The molecule has 0 heterocycles. The topological polar surface area (TPSA) is 64.2 Å². The number of aryl methyl sites for hydroxylation is 1. The Morgan fingerprint density at radius 1 is 1.47 bits per heavy atom. The molecule has 2 N–H and O–H groups in total. The Kier molecular flexibility index (Phi) is 3.86. The number of aliphatic hydroxyl groups excluding tert-OH is 1. The van der Waals surface area contributed by atoms with Gasteiger partial charge in [-0.1, -0.05) is 45.8 Å². The lowest BCUT2D eigenvalue weighted by Crippen LogP contribution is -2.35. The van der Waals surface area contributed by atoms with Crippen LogP contribution in [0.4, 0.5) is 0 Å². The minimum atomic E-state index is -1.78. The van der Waals surface area contributed by atoms with Crippen molar-refractivity contribution >= 4 is 15.9 Å². The summed E-state index contributed by atoms with van der Waals surface area (Å²) in [5.41, 5.74) is 0.0802. The van der Waals surface area contributed by atoms with Crippen LogP contribution >= 0.6 is 15.9 Å². The molecule has 0 fully saturated rings. The fourth-order valence-electron chi connectivity index (χ4n) is 1.18. The summed E-state index contributed by atoms with van der Waals surface area (Å²) in [7, 11) is 0. The fourth-order valence-corrected chi connectivity index (χ4v) is 1.74. The zero-order chi connectivity index (χ0) is 11.5. The van der Waals surface area contributed by atoms with Crippen LogP contribution in [0.15, 0.2) is 24.3 Å². The maximum atomic E-state index is 9.76. The molecule has 15 heavy (non-hydrogen) atoms. The van der Waals surface area contributed by atoms with Crippen LogP contribution in [0.25, 0.3) is 0 Å². The van der Waals surface area contributed by atoms with E-state index < -0.39 is 17.0 Å². The maximum Gasteiger partial charge on any atom is 0.190 e. The first-order valence-electron chi connectivity index (χ1n) is 4.48. The third-order valence-corrected chi connectivity index (χ3v) is 3.51. The molecule has 0 radical (unpaired) electrons. The van der Waals surface area contributed by atoms with Crippen LogP contribution in [-0.2, 0) is 0 Å². The second kappa shape index (κ2) is 4.75. The fraction of sp³-hybridized carbons (Fsp3) is 0.364. The third-order valence-electron chi connectivity index (χ3n) is 2.22. The van der Waals surface area contributed by atoms with Gasteiger partial charge in [0.1, 0.15) is 6.07 Å². The van der Waals surface area contributed by atoms with Crippen molar-refractivity contribution in [3.05, 3.63) is 35.4 Å². The Balaban J connectivity index is 2.99. The first-order valence-corrected chi connectivity index (χ1v) is 5.40. The van der Waals surface area contributed by atoms with E-state index in [4.69, 9.17) is 10.4 Å². The lowest BCUT2D eigenvalue weighted by molar-refractivity contribution is 0.0334. The van der Waals surface area contributed by atoms with Gasteiger partial charge in [-0.3, -0.25) is 0 Å². The van der Waals surface area contributed by atoms with Crippen molar-refractivity contribution < 1.29 is 10.2 Å². The summed E-state index contributed by atoms with van der Waals surface area (Å²) in [6.45, 7) is 1.35. The lowest BCUT2D eigenvalue weighted by atomic mass is 9.96. The quantitative estimate of drug-likeness (QED) is 0.648. The van der Waals surface area contributed by atoms with Gasteiger partial charge < -0.3 is 10.2 Å². The largest absolute Gasteiger partial charge is 0.392 e. The average Bonchev–Trinajstić information content (AvgIpc) is 2.28. The van der Waals surface area contributed by atoms with Gasteiger partial charge in [0, 0.05) is 0 Å². The van der Waals surface area contributed by atoms with Crippen LogP contribution in [0.2, 0.25) is 0 Å². The highest BCUT2D eigenvalue weighted by Crippen LogP contribution is 2.33. The van der Waals surface area contributed by atoms with Gasteiger partial charge >= 0.3 is 0 Å². The molecular formula is C11H12BrNO2. The molecule has 0 unspecified atom stereocenters. The van der Waals surface area contributed by atoms with Crippen molar-refractivity contribution in [2.75, 3.05) is 6.61 Å². The minimum Gasteiger partial charge on any atom is -0.392 e. The van der Waals surface area contributed by atoms with Crippen LogP contribution in [0.3, 0.4) is 0 Å². The van der Waals surface area contributed by atoms with Crippen LogP contribution in [-0.4, -0.2) is 22.4 Å². The van der Waals surface area contributed by atoms with Gasteiger partial charge in [0.05, 0.1) is 11.4 Å². The molecule has 0 aliphatic rings. The number of hydrogen-bond acceptors (Lipinski definition) is 3. The van der Waals surface area contributed by atoms with Gasteiger partial charge in [-0.15, -0.1) is 0 Å². The second-order valence-electron chi connectivity index (χ2n) is 3.47. The van der Waals surface area contributed by atoms with Crippen molar-refractivity contribution in [2.45, 2.75) is 17.4 Å². The van der Waals surface area contributed by atoms with Crippen molar-refractivity contribution in [3.8, 4) is 6.07 Å². The Morgan fingerprint density at radius 3 is 2.40 bits per heavy atom. The SMILES string of the molecule is Cc1ccc([C@H](Br)[C@@](O)(C#N)CO)cc1. The monoisotopic (exact) mass is 269 g/mol. The van der Waals surface area contributed by atoms with Gasteiger partial charge in [-0.25, -0.2) is 0 Å². The average molecular weight is 270 g/mol. The highest BCUT2D eigenvalue weighted by Gasteiger charge is 2.35. The van der Waals surface area contributed by atoms with E-state index in [-0.39, 0.29) is 0 Å². The van der Waals surface area contributed by atoms with Gasteiger partial charge in [-0.2, -0.15) is 5.26 Å². The lowest BCUT2D eigenvalue weighted by Gasteiger charge is -2.23. The van der Waals surface area contributed by atoms with E-state index in [1.54, 1.807) is 6.07 Å². The van der Waals surface area contributed by atoms with Crippen LogP contribution < -0.4 is 0 Å². The summed E-state index contributed by atoms with van der Waals surface area (Å²) in [5.74, 6) is 0. The van der Waals surface area contributed by atoms with Gasteiger partial charge in [-0.05, 0) is 12.5 Å². The predicted octanol–water partition coefficient (Wildman–Crippen LogP) is 1.68. The molecule has 0 aromatic heterocycles. The molecule has 0 saturated carbocycles. The molecule has 1 rings (SSSR count). The predicted molar refractivity (Wildman–Crippen MR) is 60.5 cm³/mol. The van der Waals surface area contributed by atoms with Crippen molar-refractivity contribution in [1.29, 1.82) is 5.26 Å². The molecule has 0 saturated heterocycles. The summed E-state index contributed by atoms with van der Waals surface area (Å²) >= 11 is 3.22. The summed E-state index contributed by atoms with van der Waals surface area (Å²) in [6.07, 6.45) is 0. The number of hydrogen-bond donors (Lipinski definition) is 2. The summed E-state index contributed by atoms with van der Waals surface area (Å²) < 4.78 is 0. The highest BCUT2D eigenvalue weighted by atomic mass is 79.9. The first-order chi connectivity index (χ1) is 7.03. The number of nitrogens with zero attached hydrogens (tertiary/aromatic N) is 1. The number of benzene rings is 1. The molecule has 1 aromatic rings. The standard InChI is InChI=1S/C11H12BrNO2/c1-8-2-4-9(5-3-8)10(12)11(15,6-13)7-14/h2-5,10,14-15H,7H2,1H3/t10-,11+/m0/s1. The summed E-state index contributed by atoms with van der Waals surface area (Å²) in [6, 6.07) is 9.10. The molecule has 0 bridgehead atoms. The third kappa shape index (κ3) is 2.57. The minimum absolute atomic E-state index is 0.597. The van der Waals surface area contributed by atoms with Gasteiger partial charge in [0.2, 0.25) is 0 Å². The smallest absolute Gasteiger partial charge is 0.190 e.